The lowest BCUT2D eigenvalue weighted by Gasteiger charge is -2.16. The van der Waals surface area contributed by atoms with Crippen LogP contribution in [-0.2, 0) is 11.3 Å². The Morgan fingerprint density at radius 3 is 2.48 bits per heavy atom. The van der Waals surface area contributed by atoms with Gasteiger partial charge in [-0.15, -0.1) is 0 Å². The van der Waals surface area contributed by atoms with Crippen molar-refractivity contribution in [2.24, 2.45) is 0 Å². The lowest BCUT2D eigenvalue weighted by Crippen LogP contribution is -2.23. The van der Waals surface area contributed by atoms with Gasteiger partial charge in [-0.05, 0) is 62.3 Å². The maximum Gasteiger partial charge on any atom is 0.259 e. The molecule has 33 heavy (non-hydrogen) atoms. The molecule has 2 aliphatic rings. The van der Waals surface area contributed by atoms with Crippen molar-refractivity contribution in [1.29, 1.82) is 0 Å². The summed E-state index contributed by atoms with van der Waals surface area (Å²) in [5, 5.41) is 0. The summed E-state index contributed by atoms with van der Waals surface area (Å²) in [4.78, 5) is 31.9. The molecule has 3 heterocycles. The van der Waals surface area contributed by atoms with Gasteiger partial charge in [-0.3, -0.25) is 14.0 Å². The van der Waals surface area contributed by atoms with E-state index in [0.717, 1.165) is 74.3 Å². The van der Waals surface area contributed by atoms with E-state index in [9.17, 15) is 9.59 Å². The summed E-state index contributed by atoms with van der Waals surface area (Å²) >= 11 is 0. The molecular weight excluding hydrogens is 412 g/mol. The third-order valence-electron chi connectivity index (χ3n) is 6.87. The third kappa shape index (κ3) is 4.39. The van der Waals surface area contributed by atoms with Crippen LogP contribution in [0.2, 0.25) is 0 Å². The minimum Gasteiger partial charge on any atom is -0.312 e. The predicted octanol–water partition coefficient (Wildman–Crippen LogP) is 5.44. The second-order valence-electron chi connectivity index (χ2n) is 9.27. The number of aryl methyl sites for hydroxylation is 1. The Kier molecular flexibility index (Phi) is 6.16. The molecule has 1 aromatic carbocycles. The van der Waals surface area contributed by atoms with Crippen molar-refractivity contribution in [3.63, 3.8) is 0 Å². The SMILES string of the molecule is CCCCCn1c(-c2ccc(N3CCCC3=O)cc2)cn2c(=O)cc(C=C3CCCC3)nc12. The minimum atomic E-state index is -0.0420. The molecule has 0 bridgehead atoms. The summed E-state index contributed by atoms with van der Waals surface area (Å²) in [6.45, 7) is 3.80. The normalized spacial score (nSPS) is 16.3. The number of allylic oxidation sites excluding steroid dienone is 1. The Labute approximate surface area is 194 Å². The number of carbonyl (C=O) groups is 1. The van der Waals surface area contributed by atoms with Crippen LogP contribution in [0, 0.1) is 0 Å². The largest absolute Gasteiger partial charge is 0.312 e. The number of benzene rings is 1. The molecule has 2 aromatic heterocycles. The zero-order valence-corrected chi connectivity index (χ0v) is 19.4. The molecule has 0 unspecified atom stereocenters. The molecule has 1 aliphatic carbocycles. The number of nitrogens with zero attached hydrogens (tertiary/aromatic N) is 4. The number of rotatable bonds is 7. The van der Waals surface area contributed by atoms with Gasteiger partial charge >= 0.3 is 0 Å². The number of carbonyl (C=O) groups excluding carboxylic acids is 1. The number of aromatic nitrogens is 3. The van der Waals surface area contributed by atoms with Crippen molar-refractivity contribution in [1.82, 2.24) is 14.0 Å². The second kappa shape index (κ2) is 9.38. The Morgan fingerprint density at radius 1 is 1.00 bits per heavy atom. The van der Waals surface area contributed by atoms with Gasteiger partial charge in [0.25, 0.3) is 5.56 Å². The van der Waals surface area contributed by atoms with Crippen molar-refractivity contribution in [2.75, 3.05) is 11.4 Å². The number of hydrogen-bond donors (Lipinski definition) is 0. The first-order chi connectivity index (χ1) is 16.1. The lowest BCUT2D eigenvalue weighted by molar-refractivity contribution is -0.117. The van der Waals surface area contributed by atoms with Gasteiger partial charge in [0.1, 0.15) is 0 Å². The standard InChI is InChI=1S/C27H32N4O2/c1-2-3-6-15-30-24(21-11-13-23(14-12-21)29-16-7-10-25(29)32)19-31-26(33)18-22(28-27(30)31)17-20-8-4-5-9-20/h11-14,17-19H,2-10,15-16H2,1H3. The molecule has 0 N–H and O–H groups in total. The van der Waals surface area contributed by atoms with Crippen LogP contribution in [0.15, 0.2) is 46.9 Å². The Hall–Kier alpha value is -3.15. The van der Waals surface area contributed by atoms with Gasteiger partial charge in [-0.1, -0.05) is 37.5 Å². The van der Waals surface area contributed by atoms with Gasteiger partial charge in [-0.25, -0.2) is 4.98 Å². The van der Waals surface area contributed by atoms with Gasteiger partial charge in [0, 0.05) is 37.5 Å². The number of unbranched alkanes of at least 4 members (excludes halogenated alkanes) is 2. The van der Waals surface area contributed by atoms with Gasteiger partial charge in [-0.2, -0.15) is 0 Å². The van der Waals surface area contributed by atoms with Crippen LogP contribution in [0.1, 0.15) is 70.4 Å². The van der Waals surface area contributed by atoms with Crippen molar-refractivity contribution in [2.45, 2.75) is 71.3 Å². The zero-order valence-electron chi connectivity index (χ0n) is 19.4. The molecule has 1 saturated carbocycles. The molecule has 1 amide bonds. The second-order valence-corrected chi connectivity index (χ2v) is 9.27. The van der Waals surface area contributed by atoms with Crippen LogP contribution < -0.4 is 10.5 Å². The van der Waals surface area contributed by atoms with Crippen LogP contribution in [0.25, 0.3) is 23.1 Å². The molecule has 1 saturated heterocycles. The molecule has 6 heteroatoms. The van der Waals surface area contributed by atoms with Gasteiger partial charge < -0.3 is 9.47 Å². The van der Waals surface area contributed by atoms with E-state index < -0.39 is 0 Å². The van der Waals surface area contributed by atoms with E-state index in [2.05, 4.69) is 29.7 Å². The fraction of sp³-hybridized carbons (Fsp3) is 0.444. The Bertz CT molecular complexity index is 1240. The van der Waals surface area contributed by atoms with Crippen LogP contribution in [0.4, 0.5) is 5.69 Å². The van der Waals surface area contributed by atoms with E-state index in [1.54, 1.807) is 10.5 Å². The van der Waals surface area contributed by atoms with Crippen LogP contribution in [0.5, 0.6) is 0 Å². The van der Waals surface area contributed by atoms with E-state index in [4.69, 9.17) is 4.98 Å². The highest BCUT2D eigenvalue weighted by Gasteiger charge is 2.22. The summed E-state index contributed by atoms with van der Waals surface area (Å²) in [6, 6.07) is 9.79. The summed E-state index contributed by atoms with van der Waals surface area (Å²) < 4.78 is 3.86. The Morgan fingerprint density at radius 2 is 1.79 bits per heavy atom. The molecule has 0 spiro atoms. The molecule has 3 aromatic rings. The first kappa shape index (κ1) is 21.7. The predicted molar refractivity (Wildman–Crippen MR) is 132 cm³/mol. The number of imidazole rings is 1. The number of amides is 1. The van der Waals surface area contributed by atoms with E-state index in [1.807, 2.05) is 23.2 Å². The van der Waals surface area contributed by atoms with Crippen molar-refractivity contribution < 1.29 is 4.79 Å². The average Bonchev–Trinajstić information content (AvgIpc) is 3.55. The molecule has 2 fully saturated rings. The van der Waals surface area contributed by atoms with Gasteiger partial charge in [0.15, 0.2) is 0 Å². The number of fused-ring (bicyclic) bond motifs is 1. The topological polar surface area (TPSA) is 59.6 Å². The number of anilines is 1. The fourth-order valence-corrected chi connectivity index (χ4v) is 5.07. The molecular formula is C27H32N4O2. The molecule has 0 radical (unpaired) electrons. The smallest absolute Gasteiger partial charge is 0.259 e. The van der Waals surface area contributed by atoms with Gasteiger partial charge in [0.05, 0.1) is 11.4 Å². The minimum absolute atomic E-state index is 0.0420. The highest BCUT2D eigenvalue weighted by molar-refractivity contribution is 5.95. The van der Waals surface area contributed by atoms with E-state index in [1.165, 1.54) is 18.4 Å². The summed E-state index contributed by atoms with van der Waals surface area (Å²) in [5.74, 6) is 0.897. The zero-order chi connectivity index (χ0) is 22.8. The van der Waals surface area contributed by atoms with E-state index >= 15 is 0 Å². The number of hydrogen-bond acceptors (Lipinski definition) is 3. The summed E-state index contributed by atoms with van der Waals surface area (Å²) in [6.07, 6.45) is 13.5. The fourth-order valence-electron chi connectivity index (χ4n) is 5.07. The quantitative estimate of drug-likeness (QED) is 0.456. The monoisotopic (exact) mass is 444 g/mol. The van der Waals surface area contributed by atoms with Crippen LogP contribution in [-0.4, -0.2) is 26.4 Å². The van der Waals surface area contributed by atoms with E-state index in [-0.39, 0.29) is 11.5 Å². The maximum atomic E-state index is 13.0. The van der Waals surface area contributed by atoms with E-state index in [0.29, 0.717) is 12.2 Å². The average molecular weight is 445 g/mol. The van der Waals surface area contributed by atoms with Gasteiger partial charge in [0.2, 0.25) is 11.7 Å². The summed E-state index contributed by atoms with van der Waals surface area (Å²) in [5.41, 5.74) is 5.07. The highest BCUT2D eigenvalue weighted by Crippen LogP contribution is 2.29. The molecule has 6 nitrogen and oxygen atoms in total. The molecule has 5 rings (SSSR count). The first-order valence-electron chi connectivity index (χ1n) is 12.4. The molecule has 172 valence electrons. The third-order valence-corrected chi connectivity index (χ3v) is 6.87. The maximum absolute atomic E-state index is 13.0. The molecule has 0 atom stereocenters. The molecule has 1 aliphatic heterocycles. The van der Waals surface area contributed by atoms with Crippen molar-refractivity contribution in [3.8, 4) is 11.3 Å². The van der Waals surface area contributed by atoms with Crippen LogP contribution >= 0.6 is 0 Å². The highest BCUT2D eigenvalue weighted by atomic mass is 16.2. The Balaban J connectivity index is 1.56. The van der Waals surface area contributed by atoms with Crippen molar-refractivity contribution >= 4 is 23.4 Å². The first-order valence-corrected chi connectivity index (χ1v) is 12.4. The summed E-state index contributed by atoms with van der Waals surface area (Å²) in [7, 11) is 0. The van der Waals surface area contributed by atoms with Crippen molar-refractivity contribution in [3.05, 3.63) is 58.1 Å². The lowest BCUT2D eigenvalue weighted by atomic mass is 10.1. The van der Waals surface area contributed by atoms with Crippen LogP contribution in [0.3, 0.4) is 0 Å².